The molecule has 0 aliphatic carbocycles. The molecule has 7 heteroatoms. The Morgan fingerprint density at radius 2 is 2.04 bits per heavy atom. The highest BCUT2D eigenvalue weighted by molar-refractivity contribution is 6.13. The van der Waals surface area contributed by atoms with Crippen molar-refractivity contribution in [1.82, 2.24) is 0 Å². The molecular weight excluding hydrogens is 360 g/mol. The highest BCUT2D eigenvalue weighted by Crippen LogP contribution is 2.26. The van der Waals surface area contributed by atoms with Crippen molar-refractivity contribution in [3.8, 4) is 5.75 Å². The van der Waals surface area contributed by atoms with Gasteiger partial charge in [-0.25, -0.2) is 9.79 Å². The SMILES string of the molecule is CCCCOc1ccccc1/C=C1\N=C(c2ccc(C)c([N+](=O)[O-])c2)OC1=O. The maximum Gasteiger partial charge on any atom is 0.363 e. The van der Waals surface area contributed by atoms with Gasteiger partial charge in [0.1, 0.15) is 5.75 Å². The molecule has 0 aromatic heterocycles. The lowest BCUT2D eigenvalue weighted by Gasteiger charge is -2.08. The number of hydrogen-bond donors (Lipinski definition) is 0. The topological polar surface area (TPSA) is 91.0 Å². The Kier molecular flexibility index (Phi) is 5.84. The van der Waals surface area contributed by atoms with Crippen LogP contribution in [0.3, 0.4) is 0 Å². The summed E-state index contributed by atoms with van der Waals surface area (Å²) in [6.45, 7) is 4.31. The first-order valence-electron chi connectivity index (χ1n) is 8.99. The maximum atomic E-state index is 12.2. The van der Waals surface area contributed by atoms with Crippen molar-refractivity contribution in [1.29, 1.82) is 0 Å². The summed E-state index contributed by atoms with van der Waals surface area (Å²) in [5, 5.41) is 11.1. The van der Waals surface area contributed by atoms with Gasteiger partial charge in [0.15, 0.2) is 5.70 Å². The molecule has 28 heavy (non-hydrogen) atoms. The number of aliphatic imine (C=N–C) groups is 1. The van der Waals surface area contributed by atoms with Crippen molar-refractivity contribution in [3.05, 3.63) is 75.0 Å². The maximum absolute atomic E-state index is 12.2. The molecule has 0 N–H and O–H groups in total. The van der Waals surface area contributed by atoms with E-state index in [0.29, 0.717) is 29.0 Å². The number of ether oxygens (including phenoxy) is 2. The first-order chi connectivity index (χ1) is 13.5. The van der Waals surface area contributed by atoms with Gasteiger partial charge in [0.25, 0.3) is 5.69 Å². The van der Waals surface area contributed by atoms with Crippen LogP contribution in [0.5, 0.6) is 5.75 Å². The summed E-state index contributed by atoms with van der Waals surface area (Å²) < 4.78 is 11.0. The molecule has 144 valence electrons. The van der Waals surface area contributed by atoms with Gasteiger partial charge in [0.05, 0.1) is 11.5 Å². The van der Waals surface area contributed by atoms with Crippen LogP contribution in [-0.2, 0) is 9.53 Å². The minimum absolute atomic E-state index is 0.0451. The van der Waals surface area contributed by atoms with Gasteiger partial charge in [0, 0.05) is 22.8 Å². The number of esters is 1. The molecule has 3 rings (SSSR count). The third kappa shape index (κ3) is 4.25. The fourth-order valence-electron chi connectivity index (χ4n) is 2.68. The Labute approximate surface area is 162 Å². The van der Waals surface area contributed by atoms with Crippen molar-refractivity contribution < 1.29 is 19.2 Å². The normalized spacial score (nSPS) is 14.7. The molecule has 1 aliphatic heterocycles. The van der Waals surface area contributed by atoms with E-state index in [0.717, 1.165) is 12.8 Å². The lowest BCUT2D eigenvalue weighted by molar-refractivity contribution is -0.385. The number of unbranched alkanes of at least 4 members (excludes halogenated alkanes) is 1. The summed E-state index contributed by atoms with van der Waals surface area (Å²) >= 11 is 0. The van der Waals surface area contributed by atoms with Gasteiger partial charge in [0.2, 0.25) is 5.90 Å². The van der Waals surface area contributed by atoms with Crippen molar-refractivity contribution in [2.24, 2.45) is 4.99 Å². The zero-order valence-electron chi connectivity index (χ0n) is 15.7. The third-order valence-corrected chi connectivity index (χ3v) is 4.24. The van der Waals surface area contributed by atoms with Crippen molar-refractivity contribution in [2.45, 2.75) is 26.7 Å². The fourth-order valence-corrected chi connectivity index (χ4v) is 2.68. The third-order valence-electron chi connectivity index (χ3n) is 4.24. The van der Waals surface area contributed by atoms with Crippen molar-refractivity contribution in [2.75, 3.05) is 6.61 Å². The van der Waals surface area contributed by atoms with Gasteiger partial charge in [-0.05, 0) is 31.6 Å². The van der Waals surface area contributed by atoms with Gasteiger partial charge < -0.3 is 9.47 Å². The van der Waals surface area contributed by atoms with Crippen LogP contribution in [0.2, 0.25) is 0 Å². The van der Waals surface area contributed by atoms with E-state index in [-0.39, 0.29) is 17.3 Å². The van der Waals surface area contributed by atoms with E-state index in [1.54, 1.807) is 25.1 Å². The number of nitro groups is 1. The molecule has 0 bridgehead atoms. The second-order valence-corrected chi connectivity index (χ2v) is 6.33. The van der Waals surface area contributed by atoms with E-state index in [1.165, 1.54) is 6.07 Å². The summed E-state index contributed by atoms with van der Waals surface area (Å²) in [6.07, 6.45) is 3.55. The van der Waals surface area contributed by atoms with Gasteiger partial charge in [-0.1, -0.05) is 37.6 Å². The summed E-state index contributed by atoms with van der Waals surface area (Å²) in [7, 11) is 0. The summed E-state index contributed by atoms with van der Waals surface area (Å²) in [5.74, 6) is 0.0937. The number of carbonyl (C=O) groups excluding carboxylic acids is 1. The van der Waals surface area contributed by atoms with E-state index < -0.39 is 10.9 Å². The molecule has 0 saturated heterocycles. The van der Waals surface area contributed by atoms with Crippen LogP contribution in [-0.4, -0.2) is 23.4 Å². The molecule has 2 aromatic carbocycles. The van der Waals surface area contributed by atoms with E-state index in [9.17, 15) is 14.9 Å². The Balaban J connectivity index is 1.91. The first kappa shape index (κ1) is 19.3. The van der Waals surface area contributed by atoms with E-state index in [4.69, 9.17) is 9.47 Å². The number of rotatable bonds is 7. The molecule has 0 unspecified atom stereocenters. The van der Waals surface area contributed by atoms with Crippen LogP contribution in [0.1, 0.15) is 36.5 Å². The highest BCUT2D eigenvalue weighted by atomic mass is 16.6. The van der Waals surface area contributed by atoms with Crippen molar-refractivity contribution in [3.63, 3.8) is 0 Å². The summed E-state index contributed by atoms with van der Waals surface area (Å²) in [5.41, 5.74) is 1.67. The minimum atomic E-state index is -0.610. The zero-order chi connectivity index (χ0) is 20.1. The van der Waals surface area contributed by atoms with Gasteiger partial charge in [-0.15, -0.1) is 0 Å². The van der Waals surface area contributed by atoms with Crippen LogP contribution >= 0.6 is 0 Å². The molecule has 1 heterocycles. The zero-order valence-corrected chi connectivity index (χ0v) is 15.7. The quantitative estimate of drug-likeness (QED) is 0.233. The largest absolute Gasteiger partial charge is 0.493 e. The number of nitro benzene ring substituents is 1. The van der Waals surface area contributed by atoms with Crippen LogP contribution in [0.15, 0.2) is 53.2 Å². The predicted molar refractivity (Wildman–Crippen MR) is 105 cm³/mol. The number of carbonyl (C=O) groups is 1. The number of nitrogens with zero attached hydrogens (tertiary/aromatic N) is 2. The smallest absolute Gasteiger partial charge is 0.363 e. The minimum Gasteiger partial charge on any atom is -0.493 e. The van der Waals surface area contributed by atoms with E-state index in [1.807, 2.05) is 24.3 Å². The molecule has 0 amide bonds. The molecule has 0 radical (unpaired) electrons. The lowest BCUT2D eigenvalue weighted by Crippen LogP contribution is -2.06. The Morgan fingerprint density at radius 3 is 2.79 bits per heavy atom. The molecule has 7 nitrogen and oxygen atoms in total. The van der Waals surface area contributed by atoms with Crippen LogP contribution in [0.25, 0.3) is 6.08 Å². The number of cyclic esters (lactones) is 1. The van der Waals surface area contributed by atoms with E-state index in [2.05, 4.69) is 11.9 Å². The standard InChI is InChI=1S/C21H20N2O5/c1-3-4-11-27-19-8-6-5-7-15(19)12-17-21(24)28-20(22-17)16-10-9-14(2)18(13-16)23(25)26/h5-10,12-13H,3-4,11H2,1-2H3/b17-12-. The number of aryl methyl sites for hydroxylation is 1. The van der Waals surface area contributed by atoms with E-state index >= 15 is 0 Å². The molecular formula is C21H20N2O5. The fraction of sp³-hybridized carbons (Fsp3) is 0.238. The van der Waals surface area contributed by atoms with Gasteiger partial charge >= 0.3 is 5.97 Å². The van der Waals surface area contributed by atoms with Crippen LogP contribution in [0, 0.1) is 17.0 Å². The molecule has 1 aliphatic rings. The summed E-state index contributed by atoms with van der Waals surface area (Å²) in [6, 6.07) is 11.9. The average Bonchev–Trinajstić information content (AvgIpc) is 3.04. The molecule has 2 aromatic rings. The number of benzene rings is 2. The molecule has 0 fully saturated rings. The molecule has 0 spiro atoms. The first-order valence-corrected chi connectivity index (χ1v) is 8.99. The molecule has 0 saturated carbocycles. The van der Waals surface area contributed by atoms with Crippen LogP contribution in [0.4, 0.5) is 5.69 Å². The van der Waals surface area contributed by atoms with Crippen molar-refractivity contribution >= 4 is 23.6 Å². The highest BCUT2D eigenvalue weighted by Gasteiger charge is 2.26. The summed E-state index contributed by atoms with van der Waals surface area (Å²) in [4.78, 5) is 27.1. The van der Waals surface area contributed by atoms with Crippen LogP contribution < -0.4 is 4.74 Å². The number of hydrogen-bond acceptors (Lipinski definition) is 6. The predicted octanol–water partition coefficient (Wildman–Crippen LogP) is 4.43. The Morgan fingerprint density at radius 1 is 1.25 bits per heavy atom. The Hall–Kier alpha value is -3.48. The molecule has 0 atom stereocenters. The second kappa shape index (κ2) is 8.47. The average molecular weight is 380 g/mol. The lowest BCUT2D eigenvalue weighted by atomic mass is 10.1. The Bertz CT molecular complexity index is 979. The monoisotopic (exact) mass is 380 g/mol. The van der Waals surface area contributed by atoms with Gasteiger partial charge in [-0.2, -0.15) is 0 Å². The van der Waals surface area contributed by atoms with Gasteiger partial charge in [-0.3, -0.25) is 10.1 Å². The second-order valence-electron chi connectivity index (χ2n) is 6.33. The number of para-hydroxylation sites is 1.